The van der Waals surface area contributed by atoms with Crippen molar-refractivity contribution < 1.29 is 32.2 Å². The first-order chi connectivity index (χ1) is 19.3. The van der Waals surface area contributed by atoms with Crippen LogP contribution in [0, 0.1) is 0 Å². The van der Waals surface area contributed by atoms with Crippen LogP contribution in [-0.4, -0.2) is 54.5 Å². The van der Waals surface area contributed by atoms with Crippen LogP contribution >= 0.6 is 0 Å². The number of anilines is 1. The number of nitrogens with one attached hydrogen (secondary N) is 1. The second-order valence-corrected chi connectivity index (χ2v) is 10.4. The number of sulfonamides is 1. The lowest BCUT2D eigenvalue weighted by molar-refractivity contribution is -0.119. The maximum atomic E-state index is 13.7. The van der Waals surface area contributed by atoms with Crippen LogP contribution in [0.2, 0.25) is 0 Å². The lowest BCUT2D eigenvalue weighted by atomic mass is 10.2. The Labute approximate surface area is 235 Å². The summed E-state index contributed by atoms with van der Waals surface area (Å²) in [6.45, 7) is 4.54. The third-order valence-electron chi connectivity index (χ3n) is 5.72. The first-order valence-corrected chi connectivity index (χ1v) is 14.3. The zero-order chi connectivity index (χ0) is 29.0. The van der Waals surface area contributed by atoms with Crippen LogP contribution in [-0.2, 0) is 14.8 Å². The minimum Gasteiger partial charge on any atom is -0.494 e. The number of ether oxygens (including phenoxy) is 4. The summed E-state index contributed by atoms with van der Waals surface area (Å²) in [6, 6.07) is 17.9. The number of hydrogen-bond donors (Lipinski definition) is 1. The summed E-state index contributed by atoms with van der Waals surface area (Å²) in [5, 5.41) is 3.99. The number of nitrogens with zero attached hydrogens (tertiary/aromatic N) is 2. The third kappa shape index (κ3) is 8.12. The van der Waals surface area contributed by atoms with Crippen molar-refractivity contribution in [1.29, 1.82) is 0 Å². The summed E-state index contributed by atoms with van der Waals surface area (Å²) < 4.78 is 50.1. The minimum atomic E-state index is -4.19. The highest BCUT2D eigenvalue weighted by Crippen LogP contribution is 2.32. The Hall–Kier alpha value is -4.25. The number of methoxy groups -OCH3 is 2. The van der Waals surface area contributed by atoms with Gasteiger partial charge in [-0.25, -0.2) is 13.8 Å². The van der Waals surface area contributed by atoms with Crippen molar-refractivity contribution in [3.8, 4) is 23.0 Å². The molecule has 0 aliphatic rings. The maximum absolute atomic E-state index is 13.7. The monoisotopic (exact) mass is 569 g/mol. The lowest BCUT2D eigenvalue weighted by Crippen LogP contribution is -2.39. The van der Waals surface area contributed by atoms with E-state index in [4.69, 9.17) is 18.9 Å². The number of carbonyl (C=O) groups is 1. The Morgan fingerprint density at radius 2 is 1.55 bits per heavy atom. The van der Waals surface area contributed by atoms with Crippen molar-refractivity contribution in [1.82, 2.24) is 5.43 Å². The van der Waals surface area contributed by atoms with E-state index in [9.17, 15) is 13.2 Å². The Kier molecular flexibility index (Phi) is 11.2. The molecule has 0 bridgehead atoms. The zero-order valence-corrected chi connectivity index (χ0v) is 23.9. The number of unbranched alkanes of at least 4 members (excludes halogenated alkanes) is 1. The summed E-state index contributed by atoms with van der Waals surface area (Å²) in [4.78, 5) is 12.8. The fraction of sp³-hybridized carbons (Fsp3) is 0.310. The first-order valence-electron chi connectivity index (χ1n) is 12.8. The van der Waals surface area contributed by atoms with Gasteiger partial charge in [0, 0.05) is 6.07 Å². The minimum absolute atomic E-state index is 0.0726. The van der Waals surface area contributed by atoms with Crippen molar-refractivity contribution in [3.63, 3.8) is 0 Å². The van der Waals surface area contributed by atoms with Gasteiger partial charge in [0.1, 0.15) is 18.0 Å². The van der Waals surface area contributed by atoms with E-state index in [-0.39, 0.29) is 16.3 Å². The fourth-order valence-corrected chi connectivity index (χ4v) is 5.06. The first kappa shape index (κ1) is 30.3. The van der Waals surface area contributed by atoms with Crippen LogP contribution in [0.4, 0.5) is 5.69 Å². The average molecular weight is 570 g/mol. The van der Waals surface area contributed by atoms with Crippen LogP contribution in [0.25, 0.3) is 0 Å². The molecule has 0 spiro atoms. The van der Waals surface area contributed by atoms with E-state index in [1.165, 1.54) is 38.6 Å². The zero-order valence-electron chi connectivity index (χ0n) is 23.1. The molecule has 0 radical (unpaired) electrons. The molecular weight excluding hydrogens is 534 g/mol. The molecule has 0 aromatic heterocycles. The molecule has 40 heavy (non-hydrogen) atoms. The molecular formula is C29H35N3O7S. The van der Waals surface area contributed by atoms with Gasteiger partial charge in [0.2, 0.25) is 0 Å². The van der Waals surface area contributed by atoms with Crippen LogP contribution in [0.5, 0.6) is 23.0 Å². The van der Waals surface area contributed by atoms with E-state index in [1.807, 2.05) is 31.2 Å². The van der Waals surface area contributed by atoms with Gasteiger partial charge in [-0.2, -0.15) is 5.10 Å². The molecule has 10 nitrogen and oxygen atoms in total. The van der Waals surface area contributed by atoms with Crippen molar-refractivity contribution in [2.75, 3.05) is 38.3 Å². The number of rotatable bonds is 15. The summed E-state index contributed by atoms with van der Waals surface area (Å²) in [7, 11) is -1.32. The number of hydrogen-bond acceptors (Lipinski definition) is 8. The van der Waals surface area contributed by atoms with Gasteiger partial charge in [0.25, 0.3) is 15.9 Å². The molecule has 3 aromatic carbocycles. The second-order valence-electron chi connectivity index (χ2n) is 8.52. The molecule has 0 unspecified atom stereocenters. The number of carbonyl (C=O) groups excluding carboxylic acids is 1. The summed E-state index contributed by atoms with van der Waals surface area (Å²) in [5.41, 5.74) is 3.42. The van der Waals surface area contributed by atoms with Crippen molar-refractivity contribution >= 4 is 27.8 Å². The predicted molar refractivity (Wildman–Crippen MR) is 154 cm³/mol. The Morgan fingerprint density at radius 1 is 0.900 bits per heavy atom. The average Bonchev–Trinajstić information content (AvgIpc) is 2.97. The molecule has 0 aliphatic carbocycles. The van der Waals surface area contributed by atoms with Crippen molar-refractivity contribution in [2.24, 2.45) is 5.10 Å². The third-order valence-corrected chi connectivity index (χ3v) is 7.49. The van der Waals surface area contributed by atoms with E-state index >= 15 is 0 Å². The highest BCUT2D eigenvalue weighted by atomic mass is 32.2. The lowest BCUT2D eigenvalue weighted by Gasteiger charge is -2.24. The summed E-state index contributed by atoms with van der Waals surface area (Å²) in [5.74, 6) is 1.31. The molecule has 0 aliphatic heterocycles. The van der Waals surface area contributed by atoms with E-state index in [0.29, 0.717) is 24.7 Å². The number of benzene rings is 3. The molecule has 0 fully saturated rings. The largest absolute Gasteiger partial charge is 0.494 e. The SMILES string of the molecule is CCCCOc1ccc(/C=N\NC(=O)CN(c2ccc(OCC)cc2)S(=O)(=O)c2ccc(OC)c(OC)c2)cc1. The molecule has 11 heteroatoms. The Bertz CT molecular complexity index is 1380. The summed E-state index contributed by atoms with van der Waals surface area (Å²) >= 11 is 0. The molecule has 0 saturated heterocycles. The maximum Gasteiger partial charge on any atom is 0.264 e. The smallest absolute Gasteiger partial charge is 0.264 e. The summed E-state index contributed by atoms with van der Waals surface area (Å²) in [6.07, 6.45) is 3.50. The van der Waals surface area contributed by atoms with Gasteiger partial charge in [-0.05, 0) is 79.6 Å². The number of amides is 1. The van der Waals surface area contributed by atoms with Crippen LogP contribution in [0.3, 0.4) is 0 Å². The van der Waals surface area contributed by atoms with Gasteiger partial charge >= 0.3 is 0 Å². The Morgan fingerprint density at radius 3 is 2.17 bits per heavy atom. The highest BCUT2D eigenvalue weighted by molar-refractivity contribution is 7.92. The normalized spacial score (nSPS) is 11.2. The predicted octanol–water partition coefficient (Wildman–Crippen LogP) is 4.63. The van der Waals surface area contributed by atoms with Crippen molar-refractivity contribution in [2.45, 2.75) is 31.6 Å². The quantitative estimate of drug-likeness (QED) is 0.161. The van der Waals surface area contributed by atoms with E-state index in [1.54, 1.807) is 24.3 Å². The van der Waals surface area contributed by atoms with Gasteiger partial charge in [-0.3, -0.25) is 9.10 Å². The van der Waals surface area contributed by atoms with E-state index in [2.05, 4.69) is 17.5 Å². The molecule has 214 valence electrons. The van der Waals surface area contributed by atoms with E-state index < -0.39 is 22.5 Å². The van der Waals surface area contributed by atoms with Gasteiger partial charge in [-0.15, -0.1) is 0 Å². The number of hydrazone groups is 1. The topological polar surface area (TPSA) is 116 Å². The molecule has 3 aromatic rings. The van der Waals surface area contributed by atoms with Crippen LogP contribution in [0.15, 0.2) is 76.7 Å². The molecule has 0 saturated carbocycles. The van der Waals surface area contributed by atoms with Crippen LogP contribution < -0.4 is 28.7 Å². The molecule has 0 atom stereocenters. The fourth-order valence-electron chi connectivity index (χ4n) is 3.62. The van der Waals surface area contributed by atoms with Gasteiger partial charge < -0.3 is 18.9 Å². The standard InChI is InChI=1S/C29H35N3O7S/c1-5-7-18-39-25-12-8-22(9-13-25)20-30-31-29(33)21-32(23-10-14-24(15-11-23)38-6-2)40(34,35)26-16-17-27(36-3)28(19-26)37-4/h8-17,19-20H,5-7,18,21H2,1-4H3,(H,31,33)/b30-20-. The molecule has 1 N–H and O–H groups in total. The van der Waals surface area contributed by atoms with Gasteiger partial charge in [-0.1, -0.05) is 13.3 Å². The van der Waals surface area contributed by atoms with Gasteiger partial charge in [0.05, 0.1) is 44.2 Å². The molecule has 1 amide bonds. The van der Waals surface area contributed by atoms with Crippen molar-refractivity contribution in [3.05, 3.63) is 72.3 Å². The molecule has 0 heterocycles. The highest BCUT2D eigenvalue weighted by Gasteiger charge is 2.28. The van der Waals surface area contributed by atoms with Crippen LogP contribution in [0.1, 0.15) is 32.3 Å². The van der Waals surface area contributed by atoms with Gasteiger partial charge in [0.15, 0.2) is 11.5 Å². The molecule has 3 rings (SSSR count). The second kappa shape index (κ2) is 14.8. The Balaban J connectivity index is 1.80. The van der Waals surface area contributed by atoms with E-state index in [0.717, 1.165) is 28.5 Å².